The Morgan fingerprint density at radius 1 is 1.39 bits per heavy atom. The molecule has 1 amide bonds. The Balaban J connectivity index is 1.44. The van der Waals surface area contributed by atoms with Crippen LogP contribution in [0, 0.1) is 0 Å². The minimum Gasteiger partial charge on any atom is -0.438 e. The van der Waals surface area contributed by atoms with Crippen molar-refractivity contribution < 1.29 is 18.5 Å². The van der Waals surface area contributed by atoms with Crippen molar-refractivity contribution in [2.24, 2.45) is 0 Å². The van der Waals surface area contributed by atoms with Gasteiger partial charge in [-0.15, -0.1) is 0 Å². The molecule has 0 aliphatic heterocycles. The van der Waals surface area contributed by atoms with Gasteiger partial charge in [-0.1, -0.05) is 0 Å². The average Bonchev–Trinajstić information content (AvgIpc) is 3.25. The van der Waals surface area contributed by atoms with Crippen LogP contribution in [0.1, 0.15) is 6.42 Å². The van der Waals surface area contributed by atoms with E-state index < -0.39 is 6.09 Å². The molecule has 3 heterocycles. The van der Waals surface area contributed by atoms with Crippen LogP contribution in [0.3, 0.4) is 0 Å². The van der Waals surface area contributed by atoms with Gasteiger partial charge in [-0.25, -0.2) is 9.78 Å². The molecule has 3 aromatic rings. The van der Waals surface area contributed by atoms with E-state index in [1.54, 1.807) is 24.7 Å². The molecule has 0 spiro atoms. The van der Waals surface area contributed by atoms with E-state index >= 15 is 0 Å². The van der Waals surface area contributed by atoms with Crippen molar-refractivity contribution in [1.82, 2.24) is 20.0 Å². The summed E-state index contributed by atoms with van der Waals surface area (Å²) >= 11 is 0. The third-order valence-corrected chi connectivity index (χ3v) is 2.98. The number of carbonyl (C=O) groups is 1. The number of anilines is 1. The molecule has 120 valence electrons. The number of aromatic nitrogens is 3. The largest absolute Gasteiger partial charge is 0.438 e. The lowest BCUT2D eigenvalue weighted by molar-refractivity contribution is 0.195. The van der Waals surface area contributed by atoms with Crippen molar-refractivity contribution in [2.45, 2.75) is 13.0 Å². The lowest BCUT2D eigenvalue weighted by Gasteiger charge is -2.04. The number of nitrogens with two attached hydrogens (primary N) is 1. The molecule has 3 rings (SSSR count). The van der Waals surface area contributed by atoms with Crippen LogP contribution in [0.15, 0.2) is 45.9 Å². The number of hydrogen-bond acceptors (Lipinski definition) is 7. The van der Waals surface area contributed by atoms with Crippen LogP contribution in [-0.4, -0.2) is 27.3 Å². The summed E-state index contributed by atoms with van der Waals surface area (Å²) in [6.45, 7) is 1.23. The molecule has 0 fully saturated rings. The predicted molar refractivity (Wildman–Crippen MR) is 79.5 cm³/mol. The van der Waals surface area contributed by atoms with Gasteiger partial charge < -0.3 is 29.3 Å². The summed E-state index contributed by atoms with van der Waals surface area (Å²) in [7, 11) is 0. The highest BCUT2D eigenvalue weighted by molar-refractivity contribution is 5.70. The Labute approximate surface area is 131 Å². The first kappa shape index (κ1) is 14.7. The summed E-state index contributed by atoms with van der Waals surface area (Å²) in [4.78, 5) is 15.6. The van der Waals surface area contributed by atoms with Gasteiger partial charge in [0.05, 0.1) is 12.4 Å². The van der Waals surface area contributed by atoms with Gasteiger partial charge >= 0.3 is 6.09 Å². The van der Waals surface area contributed by atoms with Crippen molar-refractivity contribution in [2.75, 3.05) is 12.3 Å². The number of nitrogen functional groups attached to an aromatic ring is 1. The van der Waals surface area contributed by atoms with Gasteiger partial charge in [-0.05, 0) is 17.6 Å². The third kappa shape index (κ3) is 3.90. The molecule has 0 aliphatic rings. The quantitative estimate of drug-likeness (QED) is 0.666. The maximum atomic E-state index is 11.6. The van der Waals surface area contributed by atoms with Crippen molar-refractivity contribution >= 4 is 12.0 Å². The van der Waals surface area contributed by atoms with Crippen molar-refractivity contribution in [3.63, 3.8) is 0 Å². The van der Waals surface area contributed by atoms with E-state index in [4.69, 9.17) is 19.4 Å². The molecule has 0 atom stereocenters. The lowest BCUT2D eigenvalue weighted by atomic mass is 10.3. The van der Waals surface area contributed by atoms with Gasteiger partial charge in [0.2, 0.25) is 5.76 Å². The summed E-state index contributed by atoms with van der Waals surface area (Å²) < 4.78 is 17.1. The van der Waals surface area contributed by atoms with Gasteiger partial charge in [0.15, 0.2) is 11.6 Å². The highest BCUT2D eigenvalue weighted by Crippen LogP contribution is 2.26. The van der Waals surface area contributed by atoms with Crippen LogP contribution in [0.2, 0.25) is 0 Å². The molecule has 0 aromatic carbocycles. The number of ether oxygens (including phenoxy) is 1. The van der Waals surface area contributed by atoms with Crippen molar-refractivity contribution in [1.29, 1.82) is 0 Å². The molecule has 0 saturated heterocycles. The maximum Gasteiger partial charge on any atom is 0.414 e. The molecule has 0 bridgehead atoms. The number of imidazole rings is 1. The summed E-state index contributed by atoms with van der Waals surface area (Å²) in [5, 5.41) is 6.27. The molecule has 9 heteroatoms. The smallest absolute Gasteiger partial charge is 0.414 e. The average molecular weight is 317 g/mol. The van der Waals surface area contributed by atoms with Crippen LogP contribution in [-0.2, 0) is 6.54 Å². The number of nitrogens with zero attached hydrogens (tertiary/aromatic N) is 3. The predicted octanol–water partition coefficient (Wildman–Crippen LogP) is 1.89. The van der Waals surface area contributed by atoms with Gasteiger partial charge in [0.25, 0.3) is 5.88 Å². The van der Waals surface area contributed by atoms with Gasteiger partial charge in [0, 0.05) is 31.5 Å². The molecule has 0 unspecified atom stereocenters. The van der Waals surface area contributed by atoms with E-state index in [1.807, 2.05) is 10.8 Å². The minimum absolute atomic E-state index is 0.0436. The monoisotopic (exact) mass is 317 g/mol. The van der Waals surface area contributed by atoms with Gasteiger partial charge in [-0.3, -0.25) is 0 Å². The maximum absolute atomic E-state index is 11.6. The van der Waals surface area contributed by atoms with Gasteiger partial charge in [0.1, 0.15) is 0 Å². The molecular formula is C14H15N5O4. The van der Waals surface area contributed by atoms with E-state index in [-0.39, 0.29) is 11.8 Å². The zero-order chi connectivity index (χ0) is 16.1. The minimum atomic E-state index is -0.602. The van der Waals surface area contributed by atoms with Crippen LogP contribution in [0.25, 0.3) is 11.5 Å². The van der Waals surface area contributed by atoms with Crippen LogP contribution < -0.4 is 15.8 Å². The normalized spacial score (nSPS) is 10.6. The van der Waals surface area contributed by atoms with Crippen molar-refractivity contribution in [3.05, 3.63) is 36.9 Å². The third-order valence-electron chi connectivity index (χ3n) is 2.98. The van der Waals surface area contributed by atoms with E-state index in [9.17, 15) is 4.79 Å². The lowest BCUT2D eigenvalue weighted by Crippen LogP contribution is -2.28. The number of rotatable bonds is 6. The zero-order valence-corrected chi connectivity index (χ0v) is 12.1. The number of amides is 1. The van der Waals surface area contributed by atoms with Gasteiger partial charge in [-0.2, -0.15) is 0 Å². The Morgan fingerprint density at radius 3 is 3.04 bits per heavy atom. The molecule has 3 N–H and O–H groups in total. The number of aryl methyl sites for hydroxylation is 1. The summed E-state index contributed by atoms with van der Waals surface area (Å²) in [5.41, 5.74) is 5.48. The molecule has 0 aliphatic carbocycles. The van der Waals surface area contributed by atoms with Crippen LogP contribution in [0.5, 0.6) is 5.88 Å². The fraction of sp³-hybridized carbons (Fsp3) is 0.214. The summed E-state index contributed by atoms with van der Waals surface area (Å²) in [6.07, 6.45) is 5.43. The first-order chi connectivity index (χ1) is 11.2. The van der Waals surface area contributed by atoms with Crippen LogP contribution in [0.4, 0.5) is 10.7 Å². The SMILES string of the molecule is Nc1ccc(-c2cc(OC(=O)NCCCn3ccnc3)no2)o1. The standard InChI is InChI=1S/C14H15N5O4/c15-12-3-2-10(21-12)11-8-13(18-23-11)22-14(20)17-4-1-6-19-7-5-16-9-19/h2-3,5,7-9H,1,4,6,15H2,(H,17,20). The van der Waals surface area contributed by atoms with E-state index in [0.717, 1.165) is 13.0 Å². The molecular weight excluding hydrogens is 302 g/mol. The fourth-order valence-corrected chi connectivity index (χ4v) is 1.91. The summed E-state index contributed by atoms with van der Waals surface area (Å²) in [6, 6.07) is 4.67. The molecule has 3 aromatic heterocycles. The highest BCUT2D eigenvalue weighted by atomic mass is 16.6. The Bertz CT molecular complexity index is 762. The first-order valence-electron chi connectivity index (χ1n) is 6.94. The summed E-state index contributed by atoms with van der Waals surface area (Å²) in [5.74, 6) is 1.03. The second-order valence-electron chi connectivity index (χ2n) is 4.70. The van der Waals surface area contributed by atoms with E-state index in [2.05, 4.69) is 15.5 Å². The van der Waals surface area contributed by atoms with E-state index in [1.165, 1.54) is 6.07 Å². The highest BCUT2D eigenvalue weighted by Gasteiger charge is 2.13. The molecule has 23 heavy (non-hydrogen) atoms. The molecule has 0 radical (unpaired) electrons. The van der Waals surface area contributed by atoms with Crippen molar-refractivity contribution in [3.8, 4) is 17.4 Å². The Hall–Kier alpha value is -3.23. The topological polar surface area (TPSA) is 121 Å². The number of hydrogen-bond donors (Lipinski definition) is 2. The first-order valence-corrected chi connectivity index (χ1v) is 6.94. The molecule has 0 saturated carbocycles. The van der Waals surface area contributed by atoms with E-state index in [0.29, 0.717) is 18.1 Å². The second kappa shape index (κ2) is 6.69. The fourth-order valence-electron chi connectivity index (χ4n) is 1.91. The Kier molecular flexibility index (Phi) is 4.27. The second-order valence-corrected chi connectivity index (χ2v) is 4.70. The Morgan fingerprint density at radius 2 is 2.30 bits per heavy atom. The number of nitrogens with one attached hydrogen (secondary N) is 1. The number of carbonyl (C=O) groups excluding carboxylic acids is 1. The molecule has 9 nitrogen and oxygen atoms in total. The number of furan rings is 1. The zero-order valence-electron chi connectivity index (χ0n) is 12.1. The van der Waals surface area contributed by atoms with Crippen LogP contribution >= 0.6 is 0 Å².